The summed E-state index contributed by atoms with van der Waals surface area (Å²) >= 11 is 3.29. The molecule has 2 heterocycles. The highest BCUT2D eigenvalue weighted by molar-refractivity contribution is 9.10. The van der Waals surface area contributed by atoms with Gasteiger partial charge in [0.05, 0.1) is 24.8 Å². The van der Waals surface area contributed by atoms with Crippen molar-refractivity contribution >= 4 is 22.0 Å². The zero-order valence-electron chi connectivity index (χ0n) is 11.6. The minimum Gasteiger partial charge on any atom is -0.472 e. The molecule has 112 valence electrons. The van der Waals surface area contributed by atoms with E-state index in [1.165, 1.54) is 4.90 Å². The van der Waals surface area contributed by atoms with Gasteiger partial charge in [-0.1, -0.05) is 0 Å². The molecule has 1 amide bonds. The molecule has 0 spiro atoms. The summed E-state index contributed by atoms with van der Waals surface area (Å²) in [5.74, 6) is 0.925. The molecule has 7 nitrogen and oxygen atoms in total. The van der Waals surface area contributed by atoms with Crippen LogP contribution in [0.1, 0.15) is 19.6 Å². The number of amides is 1. The van der Waals surface area contributed by atoms with Gasteiger partial charge >= 0.3 is 6.09 Å². The standard InChI is InChI=1S/C12H17BrN2O5/c1-7-9(13)10(14-20-7)18-4-8-5-19-12(2,3)6-15(8)11(16)17/h8H,4-6H2,1-3H3,(H,16,17)/t8-/m1/s1. The average molecular weight is 349 g/mol. The number of hydrogen-bond donors (Lipinski definition) is 1. The molecule has 1 N–H and O–H groups in total. The first-order chi connectivity index (χ1) is 9.30. The summed E-state index contributed by atoms with van der Waals surface area (Å²) in [6.45, 7) is 6.21. The van der Waals surface area contributed by atoms with E-state index in [1.54, 1.807) is 6.92 Å². The highest BCUT2D eigenvalue weighted by Crippen LogP contribution is 2.28. The molecule has 0 radical (unpaired) electrons. The van der Waals surface area contributed by atoms with E-state index in [4.69, 9.17) is 14.0 Å². The van der Waals surface area contributed by atoms with Crippen LogP contribution in [0.2, 0.25) is 0 Å². The first-order valence-corrected chi connectivity index (χ1v) is 6.97. The third-order valence-corrected chi connectivity index (χ3v) is 3.98. The van der Waals surface area contributed by atoms with Crippen LogP contribution < -0.4 is 4.74 Å². The van der Waals surface area contributed by atoms with Gasteiger partial charge in [0.2, 0.25) is 0 Å². The minimum absolute atomic E-state index is 0.160. The summed E-state index contributed by atoms with van der Waals surface area (Å²) in [6.07, 6.45) is -0.981. The maximum Gasteiger partial charge on any atom is 0.407 e. The van der Waals surface area contributed by atoms with Gasteiger partial charge in [-0.2, -0.15) is 0 Å². The second-order valence-electron chi connectivity index (χ2n) is 5.30. The van der Waals surface area contributed by atoms with Crippen molar-refractivity contribution in [2.75, 3.05) is 19.8 Å². The predicted molar refractivity (Wildman–Crippen MR) is 73.0 cm³/mol. The molecule has 0 aromatic carbocycles. The molecule has 1 aliphatic rings. The van der Waals surface area contributed by atoms with Crippen molar-refractivity contribution in [2.45, 2.75) is 32.4 Å². The third-order valence-electron chi connectivity index (χ3n) is 3.08. The normalized spacial score (nSPS) is 21.8. The topological polar surface area (TPSA) is 85.0 Å². The zero-order chi connectivity index (χ0) is 14.9. The van der Waals surface area contributed by atoms with E-state index in [0.717, 1.165) is 0 Å². The van der Waals surface area contributed by atoms with Crippen LogP contribution in [0.3, 0.4) is 0 Å². The lowest BCUT2D eigenvalue weighted by atomic mass is 10.1. The average Bonchev–Trinajstić information content (AvgIpc) is 2.68. The summed E-state index contributed by atoms with van der Waals surface area (Å²) in [7, 11) is 0. The maximum atomic E-state index is 11.3. The fourth-order valence-corrected chi connectivity index (χ4v) is 2.22. The SMILES string of the molecule is Cc1onc(OC[C@@H]2COC(C)(C)CN2C(=O)O)c1Br. The fraction of sp³-hybridized carbons (Fsp3) is 0.667. The molecule has 0 bridgehead atoms. The van der Waals surface area contributed by atoms with Crippen LogP contribution in [0.4, 0.5) is 4.79 Å². The lowest BCUT2D eigenvalue weighted by Gasteiger charge is -2.41. The van der Waals surface area contributed by atoms with Gasteiger partial charge in [0, 0.05) is 0 Å². The van der Waals surface area contributed by atoms with Gasteiger partial charge in [-0.3, -0.25) is 4.90 Å². The molecular weight excluding hydrogens is 332 g/mol. The molecule has 0 unspecified atom stereocenters. The predicted octanol–water partition coefficient (Wildman–Crippen LogP) is 2.28. The van der Waals surface area contributed by atoms with E-state index in [2.05, 4.69) is 21.1 Å². The second kappa shape index (κ2) is 5.61. The Labute approximate surface area is 124 Å². The number of carbonyl (C=O) groups is 1. The molecule has 1 saturated heterocycles. The molecule has 1 fully saturated rings. The molecule has 1 aromatic heterocycles. The Morgan fingerprint density at radius 3 is 2.90 bits per heavy atom. The largest absolute Gasteiger partial charge is 0.472 e. The quantitative estimate of drug-likeness (QED) is 0.901. The molecule has 1 aliphatic heterocycles. The third kappa shape index (κ3) is 3.24. The van der Waals surface area contributed by atoms with Crippen molar-refractivity contribution in [3.05, 3.63) is 10.2 Å². The van der Waals surface area contributed by atoms with Gasteiger partial charge in [0.15, 0.2) is 5.76 Å². The lowest BCUT2D eigenvalue weighted by molar-refractivity contribution is -0.111. The Bertz CT molecular complexity index is 502. The number of carboxylic acid groups (broad SMARTS) is 1. The van der Waals surface area contributed by atoms with Crippen molar-refractivity contribution in [1.29, 1.82) is 0 Å². The van der Waals surface area contributed by atoms with E-state index in [0.29, 0.717) is 22.7 Å². The van der Waals surface area contributed by atoms with Crippen LogP contribution in [0.25, 0.3) is 0 Å². The molecule has 8 heteroatoms. The monoisotopic (exact) mass is 348 g/mol. The van der Waals surface area contributed by atoms with Crippen LogP contribution in [0.15, 0.2) is 9.00 Å². The number of aromatic nitrogens is 1. The fourth-order valence-electron chi connectivity index (χ4n) is 1.96. The van der Waals surface area contributed by atoms with Gasteiger partial charge in [-0.25, -0.2) is 4.79 Å². The van der Waals surface area contributed by atoms with Crippen LogP contribution in [0, 0.1) is 6.92 Å². The van der Waals surface area contributed by atoms with Gasteiger partial charge in [-0.05, 0) is 41.9 Å². The number of hydrogen-bond acceptors (Lipinski definition) is 5. The number of rotatable bonds is 3. The molecular formula is C12H17BrN2O5. The highest BCUT2D eigenvalue weighted by atomic mass is 79.9. The number of nitrogens with zero attached hydrogens (tertiary/aromatic N) is 2. The van der Waals surface area contributed by atoms with Gasteiger partial charge in [-0.15, -0.1) is 0 Å². The van der Waals surface area contributed by atoms with E-state index in [1.807, 2.05) is 13.8 Å². The first-order valence-electron chi connectivity index (χ1n) is 6.18. The maximum absolute atomic E-state index is 11.3. The van der Waals surface area contributed by atoms with E-state index >= 15 is 0 Å². The smallest absolute Gasteiger partial charge is 0.407 e. The Morgan fingerprint density at radius 2 is 2.35 bits per heavy atom. The number of halogens is 1. The summed E-state index contributed by atoms with van der Waals surface area (Å²) in [5.41, 5.74) is -0.486. The van der Waals surface area contributed by atoms with Crippen molar-refractivity contribution in [3.63, 3.8) is 0 Å². The van der Waals surface area contributed by atoms with Crippen molar-refractivity contribution in [3.8, 4) is 5.88 Å². The molecule has 20 heavy (non-hydrogen) atoms. The highest BCUT2D eigenvalue weighted by Gasteiger charge is 2.37. The molecule has 1 atom stereocenters. The summed E-state index contributed by atoms with van der Waals surface area (Å²) < 4.78 is 16.7. The molecule has 0 aliphatic carbocycles. The van der Waals surface area contributed by atoms with Gasteiger partial charge in [0.25, 0.3) is 5.88 Å². The van der Waals surface area contributed by atoms with Crippen LogP contribution in [-0.4, -0.2) is 52.7 Å². The first kappa shape index (κ1) is 15.1. The number of morpholine rings is 1. The summed E-state index contributed by atoms with van der Waals surface area (Å²) in [5, 5.41) is 13.0. The van der Waals surface area contributed by atoms with Gasteiger partial charge in [0.1, 0.15) is 11.1 Å². The zero-order valence-corrected chi connectivity index (χ0v) is 13.1. The molecule has 0 saturated carbocycles. The van der Waals surface area contributed by atoms with Crippen molar-refractivity contribution in [2.24, 2.45) is 0 Å². The van der Waals surface area contributed by atoms with Crippen molar-refractivity contribution in [1.82, 2.24) is 10.1 Å². The molecule has 1 aromatic rings. The van der Waals surface area contributed by atoms with E-state index < -0.39 is 11.7 Å². The Kier molecular flexibility index (Phi) is 4.24. The van der Waals surface area contributed by atoms with Gasteiger partial charge < -0.3 is 19.1 Å². The van der Waals surface area contributed by atoms with Crippen LogP contribution in [0.5, 0.6) is 5.88 Å². The van der Waals surface area contributed by atoms with E-state index in [9.17, 15) is 9.90 Å². The van der Waals surface area contributed by atoms with E-state index in [-0.39, 0.29) is 19.3 Å². The van der Waals surface area contributed by atoms with Crippen LogP contribution >= 0.6 is 15.9 Å². The summed E-state index contributed by atoms with van der Waals surface area (Å²) in [6, 6.07) is -0.371. The number of aryl methyl sites for hydroxylation is 1. The Balaban J connectivity index is 2.01. The number of ether oxygens (including phenoxy) is 2. The van der Waals surface area contributed by atoms with Crippen molar-refractivity contribution < 1.29 is 23.9 Å². The molecule has 2 rings (SSSR count). The van der Waals surface area contributed by atoms with Crippen LogP contribution in [-0.2, 0) is 4.74 Å². The Morgan fingerprint density at radius 1 is 1.65 bits per heavy atom. The minimum atomic E-state index is -0.981. The summed E-state index contributed by atoms with van der Waals surface area (Å²) in [4.78, 5) is 12.6. The lowest BCUT2D eigenvalue weighted by Crippen LogP contribution is -2.57. The Hall–Kier alpha value is -1.28. The second-order valence-corrected chi connectivity index (χ2v) is 6.10.